The summed E-state index contributed by atoms with van der Waals surface area (Å²) >= 11 is 0. The number of methoxy groups -OCH3 is 1. The van der Waals surface area contributed by atoms with Crippen molar-refractivity contribution in [3.8, 4) is 0 Å². The highest BCUT2D eigenvalue weighted by Gasteiger charge is 2.62. The average molecular weight is 378 g/mol. The number of imide groups is 2. The molecule has 3 rings (SSSR count). The number of rotatable bonds is 4. The SMILES string of the molecule is COC(=O)C[C@H]1C(=O)N(C)C(=O)[C@@H]1C(C)(C)[C@@H]1CC[C@@H]2C(=O)N(C)C(=O)[C@@H]21. The van der Waals surface area contributed by atoms with Gasteiger partial charge in [-0.2, -0.15) is 0 Å². The smallest absolute Gasteiger partial charge is 0.306 e. The van der Waals surface area contributed by atoms with Gasteiger partial charge in [-0.1, -0.05) is 13.8 Å². The lowest BCUT2D eigenvalue weighted by atomic mass is 9.61. The fourth-order valence-corrected chi connectivity index (χ4v) is 5.45. The van der Waals surface area contributed by atoms with Gasteiger partial charge in [-0.05, 0) is 24.2 Å². The molecule has 3 fully saturated rings. The molecule has 0 spiro atoms. The Morgan fingerprint density at radius 1 is 1.00 bits per heavy atom. The number of fused-ring (bicyclic) bond motifs is 1. The van der Waals surface area contributed by atoms with Crippen LogP contribution in [0.1, 0.15) is 33.1 Å². The first kappa shape index (κ1) is 19.5. The van der Waals surface area contributed by atoms with Crippen LogP contribution < -0.4 is 0 Å². The molecule has 1 saturated carbocycles. The molecule has 0 radical (unpaired) electrons. The number of hydrogen-bond acceptors (Lipinski definition) is 6. The van der Waals surface area contributed by atoms with Crippen molar-refractivity contribution in [1.29, 1.82) is 0 Å². The molecule has 148 valence electrons. The Kier molecular flexibility index (Phi) is 4.64. The molecule has 2 heterocycles. The van der Waals surface area contributed by atoms with Crippen LogP contribution in [0.5, 0.6) is 0 Å². The largest absolute Gasteiger partial charge is 0.469 e. The zero-order chi connectivity index (χ0) is 20.3. The van der Waals surface area contributed by atoms with Crippen molar-refractivity contribution in [3.05, 3.63) is 0 Å². The number of hydrogen-bond donors (Lipinski definition) is 0. The molecule has 8 nitrogen and oxygen atoms in total. The highest BCUT2D eigenvalue weighted by molar-refractivity contribution is 6.07. The molecule has 0 aromatic heterocycles. The molecule has 0 unspecified atom stereocenters. The summed E-state index contributed by atoms with van der Waals surface area (Å²) in [5.41, 5.74) is -0.725. The lowest BCUT2D eigenvalue weighted by molar-refractivity contribution is -0.146. The monoisotopic (exact) mass is 378 g/mol. The number of nitrogens with zero attached hydrogens (tertiary/aromatic N) is 2. The van der Waals surface area contributed by atoms with Crippen LogP contribution in [0.2, 0.25) is 0 Å². The number of ether oxygens (including phenoxy) is 1. The van der Waals surface area contributed by atoms with Gasteiger partial charge in [-0.15, -0.1) is 0 Å². The topological polar surface area (TPSA) is 101 Å². The van der Waals surface area contributed by atoms with Crippen LogP contribution in [0.25, 0.3) is 0 Å². The molecule has 8 heteroatoms. The summed E-state index contributed by atoms with van der Waals surface area (Å²) < 4.78 is 4.71. The average Bonchev–Trinajstić information content (AvgIpc) is 3.22. The van der Waals surface area contributed by atoms with Gasteiger partial charge in [0.15, 0.2) is 0 Å². The molecular weight excluding hydrogens is 352 g/mol. The Bertz CT molecular complexity index is 730. The van der Waals surface area contributed by atoms with Crippen LogP contribution in [0.3, 0.4) is 0 Å². The second kappa shape index (κ2) is 6.42. The summed E-state index contributed by atoms with van der Waals surface area (Å²) in [6.45, 7) is 3.74. The Morgan fingerprint density at radius 3 is 2.19 bits per heavy atom. The predicted octanol–water partition coefficient (Wildman–Crippen LogP) is 0.448. The number of likely N-dealkylation sites (tertiary alicyclic amines) is 2. The van der Waals surface area contributed by atoms with Crippen molar-refractivity contribution >= 4 is 29.6 Å². The minimum Gasteiger partial charge on any atom is -0.469 e. The van der Waals surface area contributed by atoms with Crippen molar-refractivity contribution in [2.45, 2.75) is 33.1 Å². The molecule has 2 aliphatic heterocycles. The summed E-state index contributed by atoms with van der Waals surface area (Å²) in [6, 6.07) is 0. The van der Waals surface area contributed by atoms with Crippen molar-refractivity contribution in [2.24, 2.45) is 35.0 Å². The quantitative estimate of drug-likeness (QED) is 0.520. The Labute approximate surface area is 158 Å². The van der Waals surface area contributed by atoms with Gasteiger partial charge in [0.05, 0.1) is 37.2 Å². The van der Waals surface area contributed by atoms with Crippen molar-refractivity contribution < 1.29 is 28.7 Å². The van der Waals surface area contributed by atoms with E-state index in [1.807, 2.05) is 13.8 Å². The highest BCUT2D eigenvalue weighted by Crippen LogP contribution is 2.56. The summed E-state index contributed by atoms with van der Waals surface area (Å²) in [5.74, 6) is -4.24. The molecule has 0 aromatic rings. The van der Waals surface area contributed by atoms with E-state index < -0.39 is 35.0 Å². The third kappa shape index (κ3) is 2.68. The van der Waals surface area contributed by atoms with E-state index in [4.69, 9.17) is 4.74 Å². The van der Waals surface area contributed by atoms with E-state index in [2.05, 4.69) is 0 Å². The first-order valence-corrected chi connectivity index (χ1v) is 9.23. The van der Waals surface area contributed by atoms with Crippen LogP contribution in [0, 0.1) is 35.0 Å². The van der Waals surface area contributed by atoms with Gasteiger partial charge in [-0.3, -0.25) is 33.8 Å². The van der Waals surface area contributed by atoms with E-state index in [1.54, 1.807) is 0 Å². The summed E-state index contributed by atoms with van der Waals surface area (Å²) in [7, 11) is 4.15. The van der Waals surface area contributed by atoms with Gasteiger partial charge in [0, 0.05) is 14.1 Å². The second-order valence-corrected chi connectivity index (χ2v) is 8.47. The van der Waals surface area contributed by atoms with E-state index in [0.29, 0.717) is 12.8 Å². The van der Waals surface area contributed by atoms with Gasteiger partial charge in [0.25, 0.3) is 0 Å². The first-order chi connectivity index (χ1) is 12.5. The predicted molar refractivity (Wildman–Crippen MR) is 92.7 cm³/mol. The van der Waals surface area contributed by atoms with Crippen molar-refractivity contribution in [3.63, 3.8) is 0 Å². The van der Waals surface area contributed by atoms with Gasteiger partial charge >= 0.3 is 5.97 Å². The number of carbonyl (C=O) groups is 5. The van der Waals surface area contributed by atoms with E-state index in [1.165, 1.54) is 26.1 Å². The fraction of sp³-hybridized carbons (Fsp3) is 0.737. The molecule has 5 atom stereocenters. The van der Waals surface area contributed by atoms with Gasteiger partial charge in [0.2, 0.25) is 23.6 Å². The van der Waals surface area contributed by atoms with Gasteiger partial charge in [-0.25, -0.2) is 0 Å². The number of carbonyl (C=O) groups excluding carboxylic acids is 5. The molecule has 3 aliphatic rings. The third-order valence-electron chi connectivity index (χ3n) is 6.94. The Morgan fingerprint density at radius 2 is 1.59 bits per heavy atom. The zero-order valence-electron chi connectivity index (χ0n) is 16.4. The van der Waals surface area contributed by atoms with Crippen LogP contribution in [0.15, 0.2) is 0 Å². The highest BCUT2D eigenvalue weighted by atomic mass is 16.5. The van der Waals surface area contributed by atoms with Crippen LogP contribution >= 0.6 is 0 Å². The lowest BCUT2D eigenvalue weighted by Gasteiger charge is -2.40. The molecule has 27 heavy (non-hydrogen) atoms. The van der Waals surface area contributed by atoms with Gasteiger partial charge in [0.1, 0.15) is 0 Å². The van der Waals surface area contributed by atoms with Gasteiger partial charge < -0.3 is 4.74 Å². The summed E-state index contributed by atoms with van der Waals surface area (Å²) in [4.78, 5) is 64.6. The van der Waals surface area contributed by atoms with Crippen molar-refractivity contribution in [2.75, 3.05) is 21.2 Å². The Balaban J connectivity index is 1.96. The second-order valence-electron chi connectivity index (χ2n) is 8.47. The normalized spacial score (nSPS) is 33.9. The number of amides is 4. The molecule has 2 saturated heterocycles. The molecule has 1 aliphatic carbocycles. The summed E-state index contributed by atoms with van der Waals surface area (Å²) in [6.07, 6.45) is 1.06. The van der Waals surface area contributed by atoms with E-state index in [0.717, 1.165) is 4.90 Å². The Hall–Kier alpha value is -2.25. The lowest BCUT2D eigenvalue weighted by Crippen LogP contribution is -2.43. The molecule has 4 amide bonds. The van der Waals surface area contributed by atoms with E-state index in [-0.39, 0.29) is 36.0 Å². The van der Waals surface area contributed by atoms with E-state index >= 15 is 0 Å². The maximum atomic E-state index is 12.9. The molecule has 0 aromatic carbocycles. The molecule has 0 bridgehead atoms. The van der Waals surface area contributed by atoms with Crippen LogP contribution in [-0.4, -0.2) is 60.6 Å². The van der Waals surface area contributed by atoms with Crippen LogP contribution in [-0.2, 0) is 28.7 Å². The molecular formula is C19H26N2O6. The molecule has 0 N–H and O–H groups in total. The van der Waals surface area contributed by atoms with Crippen LogP contribution in [0.4, 0.5) is 0 Å². The zero-order valence-corrected chi connectivity index (χ0v) is 16.4. The first-order valence-electron chi connectivity index (χ1n) is 9.23. The fourth-order valence-electron chi connectivity index (χ4n) is 5.45. The standard InChI is InChI=1S/C19H26N2O6/c1-19(2,11-7-6-9-13(11)17(25)20(3)15(9)23)14-10(8-12(22)27-5)16(24)21(4)18(14)26/h9-11,13-14H,6-8H2,1-5H3/t9-,10+,11+,13-,14+/m0/s1. The minimum atomic E-state index is -0.811. The van der Waals surface area contributed by atoms with E-state index in [9.17, 15) is 24.0 Å². The maximum Gasteiger partial charge on any atom is 0.306 e. The van der Waals surface area contributed by atoms with Crippen molar-refractivity contribution in [1.82, 2.24) is 9.80 Å². The maximum absolute atomic E-state index is 12.9. The summed E-state index contributed by atoms with van der Waals surface area (Å²) in [5, 5.41) is 0. The third-order valence-corrected chi connectivity index (χ3v) is 6.94. The number of esters is 1. The minimum absolute atomic E-state index is 0.166.